The molecule has 1 saturated heterocycles. The van der Waals surface area contributed by atoms with Crippen molar-refractivity contribution in [2.75, 3.05) is 18.6 Å². The van der Waals surface area contributed by atoms with E-state index in [4.69, 9.17) is 27.9 Å². The number of carbonyl (C=O) groups is 2. The molecule has 1 fully saturated rings. The van der Waals surface area contributed by atoms with Gasteiger partial charge in [-0.15, -0.1) is 0 Å². The van der Waals surface area contributed by atoms with Gasteiger partial charge < -0.3 is 15.0 Å². The second-order valence-corrected chi connectivity index (χ2v) is 6.90. The number of amides is 2. The van der Waals surface area contributed by atoms with E-state index in [-0.39, 0.29) is 18.2 Å². The number of hydrogen-bond donors (Lipinski definition) is 1. The molecule has 0 saturated carbocycles. The van der Waals surface area contributed by atoms with Crippen molar-refractivity contribution >= 4 is 40.7 Å². The molecular weight excluding hydrogens is 375 g/mol. The highest BCUT2D eigenvalue weighted by Crippen LogP contribution is 2.27. The van der Waals surface area contributed by atoms with E-state index in [0.717, 1.165) is 17.0 Å². The molecule has 2 aromatic carbocycles. The summed E-state index contributed by atoms with van der Waals surface area (Å²) in [6.45, 7) is 0.646. The fourth-order valence-corrected chi connectivity index (χ4v) is 3.36. The monoisotopic (exact) mass is 392 g/mol. The van der Waals surface area contributed by atoms with E-state index >= 15 is 0 Å². The van der Waals surface area contributed by atoms with Crippen LogP contribution in [0.4, 0.5) is 5.69 Å². The predicted octanol–water partition coefficient (Wildman–Crippen LogP) is 3.67. The van der Waals surface area contributed by atoms with Crippen LogP contribution in [0.15, 0.2) is 42.5 Å². The van der Waals surface area contributed by atoms with Crippen LogP contribution in [0, 0.1) is 5.92 Å². The molecule has 0 spiro atoms. The SMILES string of the molecule is COc1ccc(N2CC(C(=O)NCc3ccc(Cl)cc3Cl)CC2=O)cc1. The Bertz CT molecular complexity index is 824. The van der Waals surface area contributed by atoms with Crippen molar-refractivity contribution in [3.05, 3.63) is 58.1 Å². The predicted molar refractivity (Wildman–Crippen MR) is 102 cm³/mol. The molecular formula is C19H18Cl2N2O3. The smallest absolute Gasteiger partial charge is 0.227 e. The summed E-state index contributed by atoms with van der Waals surface area (Å²) in [5.41, 5.74) is 1.53. The quantitative estimate of drug-likeness (QED) is 0.844. The molecule has 0 radical (unpaired) electrons. The number of nitrogens with zero attached hydrogens (tertiary/aromatic N) is 1. The summed E-state index contributed by atoms with van der Waals surface area (Å²) in [4.78, 5) is 26.4. The van der Waals surface area contributed by atoms with E-state index in [2.05, 4.69) is 5.32 Å². The molecule has 2 aromatic rings. The van der Waals surface area contributed by atoms with Crippen LogP contribution < -0.4 is 15.0 Å². The van der Waals surface area contributed by atoms with Gasteiger partial charge in [-0.1, -0.05) is 29.3 Å². The largest absolute Gasteiger partial charge is 0.497 e. The third-order valence-corrected chi connectivity index (χ3v) is 4.94. The summed E-state index contributed by atoms with van der Waals surface area (Å²) >= 11 is 12.0. The van der Waals surface area contributed by atoms with Crippen LogP contribution in [0.5, 0.6) is 5.75 Å². The molecule has 1 aliphatic heterocycles. The van der Waals surface area contributed by atoms with Crippen LogP contribution in [0.25, 0.3) is 0 Å². The van der Waals surface area contributed by atoms with Crippen molar-refractivity contribution in [1.82, 2.24) is 5.32 Å². The van der Waals surface area contributed by atoms with Gasteiger partial charge in [0, 0.05) is 35.2 Å². The third-order valence-electron chi connectivity index (χ3n) is 4.35. The van der Waals surface area contributed by atoms with E-state index in [1.54, 1.807) is 42.3 Å². The topological polar surface area (TPSA) is 58.6 Å². The highest BCUT2D eigenvalue weighted by molar-refractivity contribution is 6.35. The number of methoxy groups -OCH3 is 1. The van der Waals surface area contributed by atoms with Crippen LogP contribution in [-0.4, -0.2) is 25.5 Å². The first kappa shape index (κ1) is 18.5. The molecule has 26 heavy (non-hydrogen) atoms. The lowest BCUT2D eigenvalue weighted by molar-refractivity contribution is -0.126. The maximum Gasteiger partial charge on any atom is 0.227 e. The average molecular weight is 393 g/mol. The van der Waals surface area contributed by atoms with Gasteiger partial charge in [0.2, 0.25) is 11.8 Å². The Balaban J connectivity index is 1.61. The van der Waals surface area contributed by atoms with Crippen molar-refractivity contribution < 1.29 is 14.3 Å². The summed E-state index contributed by atoms with van der Waals surface area (Å²) in [6, 6.07) is 12.3. The Hall–Kier alpha value is -2.24. The molecule has 2 amide bonds. The fraction of sp³-hybridized carbons (Fsp3) is 0.263. The molecule has 1 heterocycles. The van der Waals surface area contributed by atoms with Gasteiger partial charge in [-0.2, -0.15) is 0 Å². The molecule has 1 aliphatic rings. The average Bonchev–Trinajstić information content (AvgIpc) is 3.02. The van der Waals surface area contributed by atoms with Crippen molar-refractivity contribution in [1.29, 1.82) is 0 Å². The van der Waals surface area contributed by atoms with Gasteiger partial charge in [-0.25, -0.2) is 0 Å². The highest BCUT2D eigenvalue weighted by atomic mass is 35.5. The normalized spacial score (nSPS) is 16.7. The Morgan fingerprint density at radius 2 is 1.96 bits per heavy atom. The van der Waals surface area contributed by atoms with Gasteiger partial charge in [-0.05, 0) is 42.0 Å². The van der Waals surface area contributed by atoms with Gasteiger partial charge in [0.15, 0.2) is 0 Å². The number of nitrogens with one attached hydrogen (secondary N) is 1. The lowest BCUT2D eigenvalue weighted by Crippen LogP contribution is -2.32. The summed E-state index contributed by atoms with van der Waals surface area (Å²) in [6.07, 6.45) is 0.187. The molecule has 0 bridgehead atoms. The minimum Gasteiger partial charge on any atom is -0.497 e. The zero-order valence-electron chi connectivity index (χ0n) is 14.2. The van der Waals surface area contributed by atoms with E-state index in [9.17, 15) is 9.59 Å². The minimum atomic E-state index is -0.393. The van der Waals surface area contributed by atoms with Crippen molar-refractivity contribution in [2.45, 2.75) is 13.0 Å². The van der Waals surface area contributed by atoms with Gasteiger partial charge in [0.1, 0.15) is 5.75 Å². The van der Waals surface area contributed by atoms with Gasteiger partial charge in [0.05, 0.1) is 13.0 Å². The first-order valence-corrected chi connectivity index (χ1v) is 8.89. The lowest BCUT2D eigenvalue weighted by atomic mass is 10.1. The fourth-order valence-electron chi connectivity index (χ4n) is 2.89. The van der Waals surface area contributed by atoms with Gasteiger partial charge in [0.25, 0.3) is 0 Å². The minimum absolute atomic E-state index is 0.0696. The Morgan fingerprint density at radius 3 is 2.62 bits per heavy atom. The van der Waals surface area contributed by atoms with E-state index in [0.29, 0.717) is 23.1 Å². The van der Waals surface area contributed by atoms with Crippen LogP contribution in [0.1, 0.15) is 12.0 Å². The Labute approximate surface area is 161 Å². The standard InChI is InChI=1S/C19H18Cl2N2O3/c1-26-16-6-4-15(5-7-16)23-11-13(8-18(23)24)19(25)22-10-12-2-3-14(20)9-17(12)21/h2-7,9,13H,8,10-11H2,1H3,(H,22,25). The maximum atomic E-state index is 12.4. The molecule has 3 rings (SSSR count). The summed E-state index contributed by atoms with van der Waals surface area (Å²) in [7, 11) is 1.59. The molecule has 1 atom stereocenters. The van der Waals surface area contributed by atoms with Crippen LogP contribution in [0.3, 0.4) is 0 Å². The number of ether oxygens (including phenoxy) is 1. The van der Waals surface area contributed by atoms with Gasteiger partial charge >= 0.3 is 0 Å². The van der Waals surface area contributed by atoms with Crippen LogP contribution in [0.2, 0.25) is 10.0 Å². The zero-order chi connectivity index (χ0) is 18.7. The second kappa shape index (κ2) is 7.98. The second-order valence-electron chi connectivity index (χ2n) is 6.06. The number of anilines is 1. The number of rotatable bonds is 5. The Kier molecular flexibility index (Phi) is 5.69. The first-order valence-electron chi connectivity index (χ1n) is 8.14. The van der Waals surface area contributed by atoms with E-state index < -0.39 is 5.92 Å². The Morgan fingerprint density at radius 1 is 1.23 bits per heavy atom. The molecule has 1 unspecified atom stereocenters. The van der Waals surface area contributed by atoms with Crippen molar-refractivity contribution in [3.8, 4) is 5.75 Å². The number of benzene rings is 2. The molecule has 5 nitrogen and oxygen atoms in total. The number of carbonyl (C=O) groups excluding carboxylic acids is 2. The third kappa shape index (κ3) is 4.11. The maximum absolute atomic E-state index is 12.4. The first-order chi connectivity index (χ1) is 12.5. The number of hydrogen-bond acceptors (Lipinski definition) is 3. The van der Waals surface area contributed by atoms with E-state index in [1.807, 2.05) is 12.1 Å². The molecule has 0 aromatic heterocycles. The lowest BCUT2D eigenvalue weighted by Gasteiger charge is -2.17. The summed E-state index contributed by atoms with van der Waals surface area (Å²) in [5.74, 6) is 0.0884. The van der Waals surface area contributed by atoms with Crippen LogP contribution >= 0.6 is 23.2 Å². The van der Waals surface area contributed by atoms with Gasteiger partial charge in [-0.3, -0.25) is 9.59 Å². The molecule has 1 N–H and O–H groups in total. The molecule has 0 aliphatic carbocycles. The number of halogens is 2. The molecule has 7 heteroatoms. The molecule has 136 valence electrons. The summed E-state index contributed by atoms with van der Waals surface area (Å²) < 4.78 is 5.12. The summed E-state index contributed by atoms with van der Waals surface area (Å²) in [5, 5.41) is 3.89. The van der Waals surface area contributed by atoms with E-state index in [1.165, 1.54) is 0 Å². The zero-order valence-corrected chi connectivity index (χ0v) is 15.7. The van der Waals surface area contributed by atoms with Crippen LogP contribution in [-0.2, 0) is 16.1 Å². The van der Waals surface area contributed by atoms with Crippen molar-refractivity contribution in [2.24, 2.45) is 5.92 Å². The highest BCUT2D eigenvalue weighted by Gasteiger charge is 2.35. The van der Waals surface area contributed by atoms with Crippen molar-refractivity contribution in [3.63, 3.8) is 0 Å².